The van der Waals surface area contributed by atoms with Gasteiger partial charge in [-0.2, -0.15) is 0 Å². The Kier molecular flexibility index (Phi) is 6.03. The Morgan fingerprint density at radius 1 is 1.38 bits per heavy atom. The Labute approximate surface area is 128 Å². The molecule has 21 heavy (non-hydrogen) atoms. The smallest absolute Gasteiger partial charge is 0.119 e. The third kappa shape index (κ3) is 4.19. The van der Waals surface area contributed by atoms with Gasteiger partial charge in [0.05, 0.1) is 13.2 Å². The van der Waals surface area contributed by atoms with Crippen molar-refractivity contribution in [2.24, 2.45) is 0 Å². The second kappa shape index (κ2) is 7.78. The highest BCUT2D eigenvalue weighted by Gasteiger charge is 2.27. The van der Waals surface area contributed by atoms with Crippen LogP contribution in [0.5, 0.6) is 5.75 Å². The van der Waals surface area contributed by atoms with E-state index in [9.17, 15) is 5.11 Å². The second-order valence-corrected chi connectivity index (χ2v) is 5.82. The Balaban J connectivity index is 2.03. The number of hydrogen-bond acceptors (Lipinski definition) is 4. The summed E-state index contributed by atoms with van der Waals surface area (Å²) >= 11 is 0. The Bertz CT molecular complexity index is 439. The molecule has 0 radical (unpaired) electrons. The highest BCUT2D eigenvalue weighted by Crippen LogP contribution is 2.22. The molecule has 1 fully saturated rings. The molecule has 0 aliphatic carbocycles. The number of rotatable bonds is 6. The maximum absolute atomic E-state index is 10.5. The second-order valence-electron chi connectivity index (χ2n) is 5.82. The van der Waals surface area contributed by atoms with E-state index in [1.54, 1.807) is 7.11 Å². The zero-order chi connectivity index (χ0) is 15.2. The minimum Gasteiger partial charge on any atom is -0.497 e. The predicted molar refractivity (Wildman–Crippen MR) is 85.7 cm³/mol. The number of nitrogens with zero attached hydrogens (tertiary/aromatic N) is 1. The fourth-order valence-corrected chi connectivity index (χ4v) is 3.00. The molecule has 1 heterocycles. The van der Waals surface area contributed by atoms with E-state index < -0.39 is 6.10 Å². The van der Waals surface area contributed by atoms with E-state index in [0.717, 1.165) is 37.2 Å². The summed E-state index contributed by atoms with van der Waals surface area (Å²) in [4.78, 5) is 2.43. The van der Waals surface area contributed by atoms with Crippen molar-refractivity contribution in [2.75, 3.05) is 26.7 Å². The van der Waals surface area contributed by atoms with E-state index in [-0.39, 0.29) is 0 Å². The third-order valence-electron chi connectivity index (χ3n) is 4.46. The molecule has 0 saturated carbocycles. The lowest BCUT2D eigenvalue weighted by Gasteiger charge is -2.40. The maximum Gasteiger partial charge on any atom is 0.119 e. The van der Waals surface area contributed by atoms with Gasteiger partial charge >= 0.3 is 0 Å². The minimum absolute atomic E-state index is 0.468. The molecule has 1 aliphatic heterocycles. The molecule has 0 spiro atoms. The van der Waals surface area contributed by atoms with Crippen LogP contribution in [0.2, 0.25) is 0 Å². The summed E-state index contributed by atoms with van der Waals surface area (Å²) in [5.74, 6) is 0.797. The molecule has 4 nitrogen and oxygen atoms in total. The van der Waals surface area contributed by atoms with Crippen LogP contribution in [0.4, 0.5) is 0 Å². The molecule has 118 valence electrons. The fraction of sp³-hybridized carbons (Fsp3) is 0.647. The molecule has 0 amide bonds. The van der Waals surface area contributed by atoms with Gasteiger partial charge in [-0.1, -0.05) is 26.0 Å². The Hall–Kier alpha value is -1.10. The summed E-state index contributed by atoms with van der Waals surface area (Å²) in [5.41, 5.74) is 0.927. The first-order valence-electron chi connectivity index (χ1n) is 7.97. The SMILES string of the molecule is CCC1CN(CC(O)c2cccc(OC)c2)C(CC)CN1. The van der Waals surface area contributed by atoms with Crippen molar-refractivity contribution in [3.05, 3.63) is 29.8 Å². The standard InChI is InChI=1S/C17H28N2O2/c1-4-14-11-19(15(5-2)10-18-14)12-17(20)13-7-6-8-16(9-13)21-3/h6-9,14-15,17-18,20H,4-5,10-12H2,1-3H3. The van der Waals surface area contributed by atoms with E-state index in [1.807, 2.05) is 24.3 Å². The van der Waals surface area contributed by atoms with Crippen molar-refractivity contribution in [1.29, 1.82) is 0 Å². The van der Waals surface area contributed by atoms with E-state index in [1.165, 1.54) is 0 Å². The van der Waals surface area contributed by atoms with Gasteiger partial charge in [-0.25, -0.2) is 0 Å². The number of piperazine rings is 1. The zero-order valence-electron chi connectivity index (χ0n) is 13.4. The number of aliphatic hydroxyl groups is 1. The summed E-state index contributed by atoms with van der Waals surface area (Å²) in [6.07, 6.45) is 1.76. The zero-order valence-corrected chi connectivity index (χ0v) is 13.4. The number of benzene rings is 1. The largest absolute Gasteiger partial charge is 0.497 e. The van der Waals surface area contributed by atoms with Crippen LogP contribution in [0.1, 0.15) is 38.4 Å². The number of methoxy groups -OCH3 is 1. The van der Waals surface area contributed by atoms with Crippen LogP contribution in [0.3, 0.4) is 0 Å². The fourth-order valence-electron chi connectivity index (χ4n) is 3.00. The molecule has 0 aromatic heterocycles. The summed E-state index contributed by atoms with van der Waals surface area (Å²) in [7, 11) is 1.65. The lowest BCUT2D eigenvalue weighted by molar-refractivity contribution is 0.0573. The van der Waals surface area contributed by atoms with Crippen molar-refractivity contribution in [3.63, 3.8) is 0 Å². The molecule has 4 heteroatoms. The average molecular weight is 292 g/mol. The van der Waals surface area contributed by atoms with Gasteiger partial charge in [-0.05, 0) is 30.5 Å². The summed E-state index contributed by atoms with van der Waals surface area (Å²) in [6, 6.07) is 8.77. The van der Waals surface area contributed by atoms with E-state index in [4.69, 9.17) is 4.74 Å². The molecule has 3 atom stereocenters. The quantitative estimate of drug-likeness (QED) is 0.843. The molecule has 2 rings (SSSR count). The molecule has 2 N–H and O–H groups in total. The van der Waals surface area contributed by atoms with Crippen molar-refractivity contribution < 1.29 is 9.84 Å². The molecule has 1 saturated heterocycles. The topological polar surface area (TPSA) is 44.7 Å². The monoisotopic (exact) mass is 292 g/mol. The molecule has 3 unspecified atom stereocenters. The Morgan fingerprint density at radius 2 is 2.19 bits per heavy atom. The van der Waals surface area contributed by atoms with Crippen molar-refractivity contribution in [2.45, 2.75) is 44.9 Å². The molecular weight excluding hydrogens is 264 g/mol. The van der Waals surface area contributed by atoms with E-state index in [2.05, 4.69) is 24.1 Å². The van der Waals surface area contributed by atoms with E-state index in [0.29, 0.717) is 18.6 Å². The normalized spacial score (nSPS) is 24.8. The summed E-state index contributed by atoms with van der Waals surface area (Å²) in [5, 5.41) is 14.1. The van der Waals surface area contributed by atoms with Crippen LogP contribution < -0.4 is 10.1 Å². The molecule has 1 aromatic carbocycles. The van der Waals surface area contributed by atoms with Gasteiger partial charge < -0.3 is 15.2 Å². The molecule has 0 bridgehead atoms. The van der Waals surface area contributed by atoms with Gasteiger partial charge in [0, 0.05) is 31.7 Å². The van der Waals surface area contributed by atoms with Crippen LogP contribution >= 0.6 is 0 Å². The van der Waals surface area contributed by atoms with Crippen LogP contribution in [-0.4, -0.2) is 48.8 Å². The molecule has 1 aromatic rings. The number of hydrogen-bond donors (Lipinski definition) is 2. The van der Waals surface area contributed by atoms with Crippen LogP contribution in [0, 0.1) is 0 Å². The van der Waals surface area contributed by atoms with Crippen LogP contribution in [0.25, 0.3) is 0 Å². The van der Waals surface area contributed by atoms with Gasteiger partial charge in [0.2, 0.25) is 0 Å². The Morgan fingerprint density at radius 3 is 2.86 bits per heavy atom. The summed E-state index contributed by atoms with van der Waals surface area (Å²) < 4.78 is 5.24. The number of aliphatic hydroxyl groups excluding tert-OH is 1. The van der Waals surface area contributed by atoms with Crippen molar-refractivity contribution in [1.82, 2.24) is 10.2 Å². The lowest BCUT2D eigenvalue weighted by Crippen LogP contribution is -2.56. The van der Waals surface area contributed by atoms with Gasteiger partial charge in [0.1, 0.15) is 5.75 Å². The number of ether oxygens (including phenoxy) is 1. The molecule has 1 aliphatic rings. The first kappa shape index (κ1) is 16.3. The number of β-amino-alcohol motifs (C(OH)–C–C–N with tert-alkyl or cyclic N) is 1. The minimum atomic E-state index is -0.468. The van der Waals surface area contributed by atoms with Gasteiger partial charge in [0.15, 0.2) is 0 Å². The number of nitrogens with one attached hydrogen (secondary N) is 1. The molecular formula is C17H28N2O2. The van der Waals surface area contributed by atoms with Crippen molar-refractivity contribution >= 4 is 0 Å². The predicted octanol–water partition coefficient (Wildman–Crippen LogP) is 2.19. The van der Waals surface area contributed by atoms with E-state index >= 15 is 0 Å². The van der Waals surface area contributed by atoms with Crippen molar-refractivity contribution in [3.8, 4) is 5.75 Å². The van der Waals surface area contributed by atoms with Gasteiger partial charge in [-0.15, -0.1) is 0 Å². The van der Waals surface area contributed by atoms with Crippen LogP contribution in [0.15, 0.2) is 24.3 Å². The lowest BCUT2D eigenvalue weighted by atomic mass is 10.0. The maximum atomic E-state index is 10.5. The third-order valence-corrected chi connectivity index (χ3v) is 4.46. The first-order valence-corrected chi connectivity index (χ1v) is 7.97. The highest BCUT2D eigenvalue weighted by molar-refractivity contribution is 5.30. The van der Waals surface area contributed by atoms with Gasteiger partial charge in [0.25, 0.3) is 0 Å². The summed E-state index contributed by atoms with van der Waals surface area (Å²) in [6.45, 7) is 7.13. The first-order chi connectivity index (χ1) is 10.2. The highest BCUT2D eigenvalue weighted by atomic mass is 16.5. The average Bonchev–Trinajstić information content (AvgIpc) is 2.54. The van der Waals surface area contributed by atoms with Gasteiger partial charge in [-0.3, -0.25) is 4.90 Å². The van der Waals surface area contributed by atoms with Crippen LogP contribution in [-0.2, 0) is 0 Å².